The number of fused-ring (bicyclic) bond motifs is 1. The summed E-state index contributed by atoms with van der Waals surface area (Å²) in [5.74, 6) is 1.24. The average Bonchev–Trinajstić information content (AvgIpc) is 3.03. The number of nitrogens with one attached hydrogen (secondary N) is 1. The molecule has 30 heavy (non-hydrogen) atoms. The molecule has 9 heteroatoms. The zero-order valence-corrected chi connectivity index (χ0v) is 17.3. The van der Waals surface area contributed by atoms with Gasteiger partial charge in [0.25, 0.3) is 0 Å². The number of anilines is 1. The molecule has 0 unspecified atom stereocenters. The molecule has 0 saturated heterocycles. The van der Waals surface area contributed by atoms with Crippen molar-refractivity contribution in [3.63, 3.8) is 0 Å². The highest BCUT2D eigenvalue weighted by molar-refractivity contribution is 6.28. The summed E-state index contributed by atoms with van der Waals surface area (Å²) in [5.41, 5.74) is 1.24. The topological polar surface area (TPSA) is 55.6 Å². The first-order valence-corrected chi connectivity index (χ1v) is 10.5. The molecule has 2 aromatic heterocycles. The molecule has 0 bridgehead atoms. The predicted molar refractivity (Wildman–Crippen MR) is 111 cm³/mol. The van der Waals surface area contributed by atoms with Crippen LogP contribution in [0, 0.1) is 5.92 Å². The Hall–Kier alpha value is -2.35. The van der Waals surface area contributed by atoms with Crippen molar-refractivity contribution in [3.05, 3.63) is 47.0 Å². The Labute approximate surface area is 177 Å². The maximum Gasteiger partial charge on any atom is 0.416 e. The lowest BCUT2D eigenvalue weighted by molar-refractivity contribution is -0.137. The summed E-state index contributed by atoms with van der Waals surface area (Å²) in [5, 5.41) is 3.68. The van der Waals surface area contributed by atoms with E-state index >= 15 is 0 Å². The average molecular weight is 438 g/mol. The van der Waals surface area contributed by atoms with Crippen molar-refractivity contribution in [1.29, 1.82) is 0 Å². The third kappa shape index (κ3) is 4.38. The van der Waals surface area contributed by atoms with Crippen molar-refractivity contribution in [2.75, 3.05) is 5.32 Å². The molecule has 2 heterocycles. The Kier molecular flexibility index (Phi) is 5.86. The number of benzene rings is 1. The van der Waals surface area contributed by atoms with Gasteiger partial charge in [0, 0.05) is 12.6 Å². The Morgan fingerprint density at radius 2 is 1.93 bits per heavy atom. The lowest BCUT2D eigenvalue weighted by Crippen LogP contribution is -2.34. The van der Waals surface area contributed by atoms with E-state index in [-0.39, 0.29) is 5.28 Å². The third-order valence-electron chi connectivity index (χ3n) is 5.72. The van der Waals surface area contributed by atoms with Crippen LogP contribution in [0.15, 0.2) is 30.6 Å². The molecule has 0 spiro atoms. The van der Waals surface area contributed by atoms with Crippen molar-refractivity contribution in [1.82, 2.24) is 19.5 Å². The van der Waals surface area contributed by atoms with Crippen molar-refractivity contribution in [2.24, 2.45) is 5.92 Å². The van der Waals surface area contributed by atoms with Crippen molar-refractivity contribution >= 4 is 28.6 Å². The smallest absolute Gasteiger partial charge is 0.365 e. The molecular formula is C21H23ClF3N5. The lowest BCUT2D eigenvalue weighted by Gasteiger charge is -2.34. The fourth-order valence-corrected chi connectivity index (χ4v) is 4.09. The summed E-state index contributed by atoms with van der Waals surface area (Å²) >= 11 is 6.12. The predicted octanol–water partition coefficient (Wildman–Crippen LogP) is 5.93. The zero-order chi connectivity index (χ0) is 21.3. The molecule has 1 N–H and O–H groups in total. The number of hydrogen-bond donors (Lipinski definition) is 1. The first-order valence-electron chi connectivity index (χ1n) is 10.2. The van der Waals surface area contributed by atoms with E-state index in [9.17, 15) is 13.2 Å². The van der Waals surface area contributed by atoms with Gasteiger partial charge < -0.3 is 9.88 Å². The molecule has 1 aromatic carbocycles. The standard InChI is InChI=1S/C21H23ClF3N5/c1-2-4-16(14-5-3-6-14)27-19-17-18(28-20(22)29-19)26-12-30(17)11-13-7-9-15(10-8-13)21(23,24)25/h7-10,12,14,16H,2-6,11H2,1H3,(H,27,28,29)/t16-/m1/s1. The first kappa shape index (κ1) is 20.9. The summed E-state index contributed by atoms with van der Waals surface area (Å²) in [7, 11) is 0. The van der Waals surface area contributed by atoms with Crippen LogP contribution >= 0.6 is 11.6 Å². The van der Waals surface area contributed by atoms with Gasteiger partial charge in [-0.2, -0.15) is 23.1 Å². The van der Waals surface area contributed by atoms with Gasteiger partial charge in [-0.3, -0.25) is 0 Å². The molecule has 1 saturated carbocycles. The molecule has 0 aliphatic heterocycles. The van der Waals surface area contributed by atoms with Gasteiger partial charge in [-0.25, -0.2) is 4.98 Å². The molecule has 4 rings (SSSR count). The van der Waals surface area contributed by atoms with Gasteiger partial charge in [-0.15, -0.1) is 0 Å². The molecule has 1 atom stereocenters. The minimum atomic E-state index is -4.35. The lowest BCUT2D eigenvalue weighted by atomic mass is 9.78. The molecule has 5 nitrogen and oxygen atoms in total. The van der Waals surface area contributed by atoms with Crippen molar-refractivity contribution < 1.29 is 13.2 Å². The normalized spacial score (nSPS) is 15.9. The maximum atomic E-state index is 12.8. The van der Waals surface area contributed by atoms with E-state index in [2.05, 4.69) is 27.2 Å². The van der Waals surface area contributed by atoms with Crippen LogP contribution in [0.4, 0.5) is 19.0 Å². The van der Waals surface area contributed by atoms with Gasteiger partial charge in [0.05, 0.1) is 11.9 Å². The first-order chi connectivity index (χ1) is 14.3. The second-order valence-electron chi connectivity index (χ2n) is 7.81. The molecule has 1 aliphatic carbocycles. The van der Waals surface area contributed by atoms with E-state index in [1.165, 1.54) is 31.4 Å². The molecule has 1 aliphatic rings. The van der Waals surface area contributed by atoms with Crippen LogP contribution in [0.3, 0.4) is 0 Å². The number of aromatic nitrogens is 4. The molecule has 0 radical (unpaired) electrons. The van der Waals surface area contributed by atoms with E-state index in [0.717, 1.165) is 30.5 Å². The van der Waals surface area contributed by atoms with E-state index in [0.29, 0.717) is 35.5 Å². The fourth-order valence-electron chi connectivity index (χ4n) is 3.92. The summed E-state index contributed by atoms with van der Waals surface area (Å²) in [6.45, 7) is 2.51. The number of rotatable bonds is 7. The minimum Gasteiger partial charge on any atom is -0.365 e. The molecule has 3 aromatic rings. The molecule has 0 amide bonds. The van der Waals surface area contributed by atoms with Gasteiger partial charge in [0.15, 0.2) is 11.5 Å². The quantitative estimate of drug-likeness (QED) is 0.465. The Morgan fingerprint density at radius 3 is 2.53 bits per heavy atom. The number of halogens is 4. The highest BCUT2D eigenvalue weighted by atomic mass is 35.5. The summed E-state index contributed by atoms with van der Waals surface area (Å²) in [6.07, 6.45) is 3.00. The molecule has 1 fully saturated rings. The molecular weight excluding hydrogens is 415 g/mol. The Balaban J connectivity index is 1.64. The third-order valence-corrected chi connectivity index (χ3v) is 5.89. The van der Waals surface area contributed by atoms with Crippen LogP contribution in [-0.4, -0.2) is 25.6 Å². The zero-order valence-electron chi connectivity index (χ0n) is 16.6. The van der Waals surface area contributed by atoms with Crippen molar-refractivity contribution in [3.8, 4) is 0 Å². The highest BCUT2D eigenvalue weighted by Crippen LogP contribution is 2.34. The number of imidazole rings is 1. The van der Waals surface area contributed by atoms with Gasteiger partial charge in [0.2, 0.25) is 5.28 Å². The molecule has 160 valence electrons. The minimum absolute atomic E-state index is 0.119. The maximum absolute atomic E-state index is 12.8. The monoisotopic (exact) mass is 437 g/mol. The Morgan fingerprint density at radius 1 is 1.20 bits per heavy atom. The van der Waals surface area contributed by atoms with Crippen molar-refractivity contribution in [2.45, 2.75) is 57.8 Å². The number of alkyl halides is 3. The van der Waals surface area contributed by atoms with Crippen LogP contribution in [0.1, 0.15) is 50.2 Å². The Bertz CT molecular complexity index is 1010. The number of hydrogen-bond acceptors (Lipinski definition) is 4. The van der Waals surface area contributed by atoms with Crippen LogP contribution in [0.2, 0.25) is 5.28 Å². The van der Waals surface area contributed by atoms with E-state index in [4.69, 9.17) is 11.6 Å². The second kappa shape index (κ2) is 8.41. The SMILES string of the molecule is CCC[C@@H](Nc1nc(Cl)nc2ncn(Cc3ccc(C(F)(F)F)cc3)c12)C1CCC1. The van der Waals surface area contributed by atoms with Crippen LogP contribution in [-0.2, 0) is 12.7 Å². The highest BCUT2D eigenvalue weighted by Gasteiger charge is 2.30. The van der Waals surface area contributed by atoms with Gasteiger partial charge in [0.1, 0.15) is 5.52 Å². The van der Waals surface area contributed by atoms with Gasteiger partial charge >= 0.3 is 6.18 Å². The van der Waals surface area contributed by atoms with E-state index in [1.54, 1.807) is 6.33 Å². The van der Waals surface area contributed by atoms with Crippen LogP contribution < -0.4 is 5.32 Å². The fraction of sp³-hybridized carbons (Fsp3) is 0.476. The van der Waals surface area contributed by atoms with Gasteiger partial charge in [-0.05, 0) is 54.5 Å². The van der Waals surface area contributed by atoms with Gasteiger partial charge in [-0.1, -0.05) is 31.9 Å². The summed E-state index contributed by atoms with van der Waals surface area (Å²) in [6, 6.07) is 5.44. The number of nitrogens with zero attached hydrogens (tertiary/aromatic N) is 4. The summed E-state index contributed by atoms with van der Waals surface area (Å²) in [4.78, 5) is 13.0. The van der Waals surface area contributed by atoms with E-state index in [1.807, 2.05) is 4.57 Å². The van der Waals surface area contributed by atoms with E-state index < -0.39 is 11.7 Å². The van der Waals surface area contributed by atoms with Crippen LogP contribution in [0.5, 0.6) is 0 Å². The second-order valence-corrected chi connectivity index (χ2v) is 8.15. The largest absolute Gasteiger partial charge is 0.416 e. The van der Waals surface area contributed by atoms with Crippen LogP contribution in [0.25, 0.3) is 11.2 Å². The summed E-state index contributed by atoms with van der Waals surface area (Å²) < 4.78 is 40.3.